The van der Waals surface area contributed by atoms with Crippen LogP contribution in [-0.4, -0.2) is 13.1 Å². The van der Waals surface area contributed by atoms with Crippen LogP contribution in [0.5, 0.6) is 0 Å². The number of fused-ring (bicyclic) bond motifs is 1. The number of nitrogens with one attached hydrogen (secondary N) is 1. The van der Waals surface area contributed by atoms with E-state index in [2.05, 4.69) is 37.0 Å². The monoisotopic (exact) mass is 203 g/mol. The first kappa shape index (κ1) is 10.7. The fourth-order valence-corrected chi connectivity index (χ4v) is 3.17. The van der Waals surface area contributed by atoms with Crippen molar-refractivity contribution in [1.29, 1.82) is 0 Å². The second-order valence-corrected chi connectivity index (χ2v) is 4.65. The lowest BCUT2D eigenvalue weighted by atomic mass is 9.86. The molecule has 0 spiro atoms. The first-order chi connectivity index (χ1) is 7.36. The molecule has 82 valence electrons. The quantitative estimate of drug-likeness (QED) is 0.695. The molecule has 1 nitrogen and oxygen atoms in total. The van der Waals surface area contributed by atoms with Gasteiger partial charge in [0, 0.05) is 0 Å². The van der Waals surface area contributed by atoms with Gasteiger partial charge in [-0.3, -0.25) is 0 Å². The lowest BCUT2D eigenvalue weighted by Gasteiger charge is -2.19. The summed E-state index contributed by atoms with van der Waals surface area (Å²) in [5, 5.41) is 3.52. The standard InChI is InChI=1S/C14H21N/c1-3-5-6-11(4-2)13-8-7-12-9-15-10-14(12)13/h3-6,12-15H,1,7-10H2,2H3/b6-5-,11-4+/t12?,13-,14?/m1/s1. The molecule has 0 bridgehead atoms. The van der Waals surface area contributed by atoms with Crippen LogP contribution in [0.15, 0.2) is 36.5 Å². The Morgan fingerprint density at radius 1 is 1.33 bits per heavy atom. The summed E-state index contributed by atoms with van der Waals surface area (Å²) < 4.78 is 0. The predicted octanol–water partition coefficient (Wildman–Crippen LogP) is 2.92. The average Bonchev–Trinajstić information content (AvgIpc) is 2.82. The number of hydrogen-bond donors (Lipinski definition) is 1. The van der Waals surface area contributed by atoms with Gasteiger partial charge in [0.1, 0.15) is 0 Å². The van der Waals surface area contributed by atoms with Crippen LogP contribution in [0.25, 0.3) is 0 Å². The molecule has 0 aromatic heterocycles. The molecule has 1 N–H and O–H groups in total. The van der Waals surface area contributed by atoms with Crippen molar-refractivity contribution in [2.75, 3.05) is 13.1 Å². The molecule has 0 amide bonds. The van der Waals surface area contributed by atoms with Crippen molar-refractivity contribution in [2.24, 2.45) is 17.8 Å². The van der Waals surface area contributed by atoms with Crippen LogP contribution >= 0.6 is 0 Å². The van der Waals surface area contributed by atoms with Crippen LogP contribution in [0.3, 0.4) is 0 Å². The van der Waals surface area contributed by atoms with Gasteiger partial charge in [-0.2, -0.15) is 0 Å². The zero-order chi connectivity index (χ0) is 10.7. The van der Waals surface area contributed by atoms with Gasteiger partial charge in [-0.1, -0.05) is 30.9 Å². The van der Waals surface area contributed by atoms with Gasteiger partial charge in [-0.15, -0.1) is 0 Å². The lowest BCUT2D eigenvalue weighted by Crippen LogP contribution is -2.17. The first-order valence-electron chi connectivity index (χ1n) is 6.03. The summed E-state index contributed by atoms with van der Waals surface area (Å²) in [5.41, 5.74) is 1.51. The summed E-state index contributed by atoms with van der Waals surface area (Å²) in [6, 6.07) is 0. The van der Waals surface area contributed by atoms with Gasteiger partial charge in [0.15, 0.2) is 0 Å². The molecule has 0 radical (unpaired) electrons. The van der Waals surface area contributed by atoms with E-state index in [0.29, 0.717) is 0 Å². The molecule has 2 aliphatic rings. The average molecular weight is 203 g/mol. The Kier molecular flexibility index (Phi) is 3.42. The molecule has 1 saturated heterocycles. The maximum Gasteiger partial charge on any atom is -0.00114 e. The summed E-state index contributed by atoms with van der Waals surface area (Å²) in [5.74, 6) is 2.60. The minimum Gasteiger partial charge on any atom is -0.316 e. The minimum atomic E-state index is 0.784. The van der Waals surface area contributed by atoms with Crippen molar-refractivity contribution in [3.05, 3.63) is 36.5 Å². The maximum atomic E-state index is 3.73. The van der Waals surface area contributed by atoms with Crippen LogP contribution < -0.4 is 5.32 Å². The van der Waals surface area contributed by atoms with Crippen LogP contribution in [0.1, 0.15) is 19.8 Å². The van der Waals surface area contributed by atoms with E-state index >= 15 is 0 Å². The largest absolute Gasteiger partial charge is 0.316 e. The van der Waals surface area contributed by atoms with Crippen molar-refractivity contribution < 1.29 is 0 Å². The number of allylic oxidation sites excluding steroid dienone is 5. The second kappa shape index (κ2) is 4.80. The van der Waals surface area contributed by atoms with E-state index in [1.165, 1.54) is 31.5 Å². The highest BCUT2D eigenvalue weighted by Crippen LogP contribution is 2.43. The molecule has 1 saturated carbocycles. The van der Waals surface area contributed by atoms with E-state index < -0.39 is 0 Å². The molecule has 0 aromatic carbocycles. The molecular weight excluding hydrogens is 182 g/mol. The van der Waals surface area contributed by atoms with Gasteiger partial charge in [0.05, 0.1) is 0 Å². The summed E-state index contributed by atoms with van der Waals surface area (Å²) in [6.07, 6.45) is 11.2. The third-order valence-corrected chi connectivity index (χ3v) is 3.94. The normalized spacial score (nSPS) is 36.1. The van der Waals surface area contributed by atoms with Gasteiger partial charge in [0.25, 0.3) is 0 Å². The van der Waals surface area contributed by atoms with Crippen LogP contribution in [0, 0.1) is 17.8 Å². The summed E-state index contributed by atoms with van der Waals surface area (Å²) in [4.78, 5) is 0. The van der Waals surface area contributed by atoms with Crippen molar-refractivity contribution in [2.45, 2.75) is 19.8 Å². The molecule has 1 aliphatic heterocycles. The molecule has 3 atom stereocenters. The highest BCUT2D eigenvalue weighted by molar-refractivity contribution is 5.26. The Labute approximate surface area is 93.0 Å². The van der Waals surface area contributed by atoms with Crippen LogP contribution in [0.4, 0.5) is 0 Å². The summed E-state index contributed by atoms with van der Waals surface area (Å²) in [6.45, 7) is 8.34. The number of rotatable bonds is 3. The van der Waals surface area contributed by atoms with E-state index in [1.807, 2.05) is 6.08 Å². The Hall–Kier alpha value is -0.820. The predicted molar refractivity (Wildman–Crippen MR) is 65.7 cm³/mol. The molecule has 15 heavy (non-hydrogen) atoms. The topological polar surface area (TPSA) is 12.0 Å². The fourth-order valence-electron chi connectivity index (χ4n) is 3.17. The fraction of sp³-hybridized carbons (Fsp3) is 0.571. The summed E-state index contributed by atoms with van der Waals surface area (Å²) in [7, 11) is 0. The van der Waals surface area contributed by atoms with E-state index in [9.17, 15) is 0 Å². The molecule has 2 unspecified atom stereocenters. The van der Waals surface area contributed by atoms with E-state index in [-0.39, 0.29) is 0 Å². The van der Waals surface area contributed by atoms with Crippen LogP contribution in [-0.2, 0) is 0 Å². The Balaban J connectivity index is 2.09. The summed E-state index contributed by atoms with van der Waals surface area (Å²) >= 11 is 0. The molecule has 0 aromatic rings. The minimum absolute atomic E-state index is 0.784. The van der Waals surface area contributed by atoms with E-state index in [4.69, 9.17) is 0 Å². The van der Waals surface area contributed by atoms with Crippen molar-refractivity contribution >= 4 is 0 Å². The Bertz CT molecular complexity index is 288. The number of hydrogen-bond acceptors (Lipinski definition) is 1. The van der Waals surface area contributed by atoms with Gasteiger partial charge >= 0.3 is 0 Å². The highest BCUT2D eigenvalue weighted by Gasteiger charge is 2.39. The molecular formula is C14H21N. The maximum absolute atomic E-state index is 3.73. The molecule has 2 rings (SSSR count). The van der Waals surface area contributed by atoms with Gasteiger partial charge in [-0.25, -0.2) is 0 Å². The van der Waals surface area contributed by atoms with Crippen molar-refractivity contribution in [3.8, 4) is 0 Å². The molecule has 1 heteroatoms. The van der Waals surface area contributed by atoms with E-state index in [1.54, 1.807) is 0 Å². The Morgan fingerprint density at radius 3 is 2.93 bits per heavy atom. The third kappa shape index (κ3) is 2.07. The smallest absolute Gasteiger partial charge is 0.00114 e. The molecule has 1 aliphatic carbocycles. The second-order valence-electron chi connectivity index (χ2n) is 4.65. The van der Waals surface area contributed by atoms with E-state index in [0.717, 1.165) is 17.8 Å². The highest BCUT2D eigenvalue weighted by atomic mass is 14.9. The van der Waals surface area contributed by atoms with Gasteiger partial charge in [0.2, 0.25) is 0 Å². The van der Waals surface area contributed by atoms with Crippen LogP contribution in [0.2, 0.25) is 0 Å². The lowest BCUT2D eigenvalue weighted by molar-refractivity contribution is 0.425. The van der Waals surface area contributed by atoms with Crippen molar-refractivity contribution in [1.82, 2.24) is 5.32 Å². The molecule has 2 fully saturated rings. The SMILES string of the molecule is C=C/C=C\C(=C/C)[C@H]1CCC2CNCC21. The molecule has 1 heterocycles. The first-order valence-corrected chi connectivity index (χ1v) is 6.03. The zero-order valence-electron chi connectivity index (χ0n) is 9.58. The third-order valence-electron chi connectivity index (χ3n) is 3.94. The van der Waals surface area contributed by atoms with Gasteiger partial charge in [-0.05, 0) is 56.2 Å². The van der Waals surface area contributed by atoms with Crippen molar-refractivity contribution in [3.63, 3.8) is 0 Å². The van der Waals surface area contributed by atoms with Gasteiger partial charge < -0.3 is 5.32 Å². The Morgan fingerprint density at radius 2 is 2.20 bits per heavy atom. The zero-order valence-corrected chi connectivity index (χ0v) is 9.58.